The van der Waals surface area contributed by atoms with Gasteiger partial charge in [0, 0.05) is 24.2 Å². The SMILES string of the molecule is CNc1cc(CS)cc(CS)c1. The maximum Gasteiger partial charge on any atom is 0.0343 e. The first kappa shape index (κ1) is 9.81. The van der Waals surface area contributed by atoms with Crippen LogP contribution in [-0.2, 0) is 11.5 Å². The van der Waals surface area contributed by atoms with E-state index in [1.165, 1.54) is 11.1 Å². The Bertz CT molecular complexity index is 205. The van der Waals surface area contributed by atoms with Gasteiger partial charge in [0.1, 0.15) is 0 Å². The number of nitrogens with one attached hydrogen (secondary N) is 1. The second-order valence-corrected chi connectivity index (χ2v) is 3.24. The molecule has 0 aromatic heterocycles. The molecular weight excluding hydrogens is 186 g/mol. The highest BCUT2D eigenvalue weighted by Gasteiger charge is 1.96. The zero-order chi connectivity index (χ0) is 8.97. The van der Waals surface area contributed by atoms with E-state index < -0.39 is 0 Å². The molecule has 12 heavy (non-hydrogen) atoms. The standard InChI is InChI=1S/C9H13NS2/c1-10-9-3-7(5-11)2-8(4-9)6-12/h2-4,10-12H,5-6H2,1H3. The van der Waals surface area contributed by atoms with Gasteiger partial charge >= 0.3 is 0 Å². The van der Waals surface area contributed by atoms with Crippen LogP contribution in [0.4, 0.5) is 5.69 Å². The Morgan fingerprint density at radius 2 is 1.58 bits per heavy atom. The van der Waals surface area contributed by atoms with Gasteiger partial charge in [0.15, 0.2) is 0 Å². The van der Waals surface area contributed by atoms with Crippen molar-refractivity contribution in [2.45, 2.75) is 11.5 Å². The van der Waals surface area contributed by atoms with Gasteiger partial charge in [-0.2, -0.15) is 25.3 Å². The van der Waals surface area contributed by atoms with Crippen molar-refractivity contribution < 1.29 is 0 Å². The van der Waals surface area contributed by atoms with Gasteiger partial charge in [-0.3, -0.25) is 0 Å². The molecular formula is C9H13NS2. The third-order valence-electron chi connectivity index (χ3n) is 1.71. The van der Waals surface area contributed by atoms with E-state index in [2.05, 4.69) is 48.8 Å². The summed E-state index contributed by atoms with van der Waals surface area (Å²) in [6.07, 6.45) is 0. The van der Waals surface area contributed by atoms with Crippen LogP contribution in [0.15, 0.2) is 18.2 Å². The summed E-state index contributed by atoms with van der Waals surface area (Å²) in [6.45, 7) is 0. The van der Waals surface area contributed by atoms with Crippen LogP contribution in [0.3, 0.4) is 0 Å². The molecule has 0 saturated heterocycles. The number of hydrogen-bond donors (Lipinski definition) is 3. The fraction of sp³-hybridized carbons (Fsp3) is 0.333. The molecule has 66 valence electrons. The first-order valence-corrected chi connectivity index (χ1v) is 5.09. The van der Waals surface area contributed by atoms with Crippen LogP contribution < -0.4 is 5.32 Å². The van der Waals surface area contributed by atoms with Crippen LogP contribution in [0, 0.1) is 0 Å². The quantitative estimate of drug-likeness (QED) is 0.636. The smallest absolute Gasteiger partial charge is 0.0343 e. The highest BCUT2D eigenvalue weighted by atomic mass is 32.1. The Labute approximate surface area is 84.4 Å². The summed E-state index contributed by atoms with van der Waals surface area (Å²) >= 11 is 8.46. The van der Waals surface area contributed by atoms with E-state index in [9.17, 15) is 0 Å². The van der Waals surface area contributed by atoms with Gasteiger partial charge in [0.05, 0.1) is 0 Å². The first-order chi connectivity index (χ1) is 5.80. The molecule has 1 nitrogen and oxygen atoms in total. The molecule has 0 atom stereocenters. The molecule has 1 aromatic rings. The summed E-state index contributed by atoms with van der Waals surface area (Å²) in [5, 5.41) is 3.11. The average Bonchev–Trinajstić information content (AvgIpc) is 2.16. The first-order valence-electron chi connectivity index (χ1n) is 3.82. The molecule has 0 unspecified atom stereocenters. The van der Waals surface area contributed by atoms with Crippen LogP contribution >= 0.6 is 25.3 Å². The zero-order valence-electron chi connectivity index (χ0n) is 7.04. The Kier molecular flexibility index (Phi) is 3.82. The Hall–Kier alpha value is -0.280. The van der Waals surface area contributed by atoms with Crippen molar-refractivity contribution in [1.29, 1.82) is 0 Å². The van der Waals surface area contributed by atoms with Gasteiger partial charge in [0.25, 0.3) is 0 Å². The van der Waals surface area contributed by atoms with Crippen molar-refractivity contribution >= 4 is 30.9 Å². The fourth-order valence-electron chi connectivity index (χ4n) is 1.09. The van der Waals surface area contributed by atoms with E-state index >= 15 is 0 Å². The van der Waals surface area contributed by atoms with Crippen LogP contribution in [-0.4, -0.2) is 7.05 Å². The molecule has 0 spiro atoms. The van der Waals surface area contributed by atoms with E-state index in [0.29, 0.717) is 0 Å². The van der Waals surface area contributed by atoms with Gasteiger partial charge in [-0.05, 0) is 23.3 Å². The van der Waals surface area contributed by atoms with Crippen molar-refractivity contribution in [3.63, 3.8) is 0 Å². The molecule has 0 radical (unpaired) electrons. The molecule has 1 N–H and O–H groups in total. The number of rotatable bonds is 3. The fourth-order valence-corrected chi connectivity index (χ4v) is 1.45. The molecule has 0 aliphatic heterocycles. The number of anilines is 1. The van der Waals surface area contributed by atoms with Crippen molar-refractivity contribution in [1.82, 2.24) is 0 Å². The number of thiol groups is 2. The largest absolute Gasteiger partial charge is 0.388 e. The van der Waals surface area contributed by atoms with Gasteiger partial charge in [0.2, 0.25) is 0 Å². The third kappa shape index (κ3) is 2.35. The molecule has 3 heteroatoms. The summed E-state index contributed by atoms with van der Waals surface area (Å²) < 4.78 is 0. The van der Waals surface area contributed by atoms with Crippen molar-refractivity contribution in [3.05, 3.63) is 29.3 Å². The van der Waals surface area contributed by atoms with Crippen LogP contribution in [0.2, 0.25) is 0 Å². The van der Waals surface area contributed by atoms with Crippen LogP contribution in [0.5, 0.6) is 0 Å². The summed E-state index contributed by atoms with van der Waals surface area (Å²) in [5.41, 5.74) is 3.59. The lowest BCUT2D eigenvalue weighted by molar-refractivity contribution is 1.32. The topological polar surface area (TPSA) is 12.0 Å². The Morgan fingerprint density at radius 1 is 1.08 bits per heavy atom. The van der Waals surface area contributed by atoms with E-state index in [-0.39, 0.29) is 0 Å². The lowest BCUT2D eigenvalue weighted by atomic mass is 10.1. The minimum atomic E-state index is 0.774. The molecule has 1 rings (SSSR count). The molecule has 0 bridgehead atoms. The molecule has 0 aliphatic rings. The maximum absolute atomic E-state index is 4.23. The van der Waals surface area contributed by atoms with Gasteiger partial charge < -0.3 is 5.32 Å². The average molecular weight is 199 g/mol. The number of hydrogen-bond acceptors (Lipinski definition) is 3. The van der Waals surface area contributed by atoms with Crippen molar-refractivity contribution in [3.8, 4) is 0 Å². The molecule has 0 amide bonds. The highest BCUT2D eigenvalue weighted by Crippen LogP contribution is 2.17. The lowest BCUT2D eigenvalue weighted by Gasteiger charge is -2.05. The molecule has 1 aromatic carbocycles. The van der Waals surface area contributed by atoms with E-state index in [0.717, 1.165) is 17.2 Å². The second-order valence-electron chi connectivity index (χ2n) is 2.60. The van der Waals surface area contributed by atoms with Crippen molar-refractivity contribution in [2.75, 3.05) is 12.4 Å². The Balaban J connectivity index is 3.01. The summed E-state index contributed by atoms with van der Waals surface area (Å²) in [5.74, 6) is 1.55. The zero-order valence-corrected chi connectivity index (χ0v) is 8.83. The van der Waals surface area contributed by atoms with Gasteiger partial charge in [-0.15, -0.1) is 0 Å². The lowest BCUT2D eigenvalue weighted by Crippen LogP contribution is -1.91. The predicted octanol–water partition coefficient (Wildman–Crippen LogP) is 2.59. The summed E-state index contributed by atoms with van der Waals surface area (Å²) in [7, 11) is 1.92. The van der Waals surface area contributed by atoms with Crippen molar-refractivity contribution in [2.24, 2.45) is 0 Å². The molecule has 0 heterocycles. The van der Waals surface area contributed by atoms with E-state index in [1.54, 1.807) is 0 Å². The van der Waals surface area contributed by atoms with E-state index in [4.69, 9.17) is 0 Å². The Morgan fingerprint density at radius 3 is 1.92 bits per heavy atom. The molecule has 0 fully saturated rings. The molecule has 0 aliphatic carbocycles. The maximum atomic E-state index is 4.23. The summed E-state index contributed by atoms with van der Waals surface area (Å²) in [6, 6.07) is 6.32. The summed E-state index contributed by atoms with van der Waals surface area (Å²) in [4.78, 5) is 0. The second kappa shape index (κ2) is 4.67. The van der Waals surface area contributed by atoms with Crippen LogP contribution in [0.25, 0.3) is 0 Å². The minimum Gasteiger partial charge on any atom is -0.388 e. The molecule has 0 saturated carbocycles. The van der Waals surface area contributed by atoms with Crippen LogP contribution in [0.1, 0.15) is 11.1 Å². The normalized spacial score (nSPS) is 9.92. The van der Waals surface area contributed by atoms with E-state index in [1.807, 2.05) is 7.05 Å². The monoisotopic (exact) mass is 199 g/mol. The van der Waals surface area contributed by atoms with Gasteiger partial charge in [-0.25, -0.2) is 0 Å². The third-order valence-corrected chi connectivity index (χ3v) is 2.44. The van der Waals surface area contributed by atoms with Gasteiger partial charge in [-0.1, -0.05) is 6.07 Å². The highest BCUT2D eigenvalue weighted by molar-refractivity contribution is 7.79. The predicted molar refractivity (Wildman–Crippen MR) is 61.4 cm³/mol. The number of benzene rings is 1. The minimum absolute atomic E-state index is 0.774.